The smallest absolute Gasteiger partial charge is 0.407 e. The van der Waals surface area contributed by atoms with Crippen LogP contribution in [0.25, 0.3) is 0 Å². The number of halogens is 3. The quantitative estimate of drug-likeness (QED) is 0.924. The largest absolute Gasteiger partial charge is 0.444 e. The number of nitrogens with zero attached hydrogens (tertiary/aromatic N) is 1. The maximum Gasteiger partial charge on any atom is 0.407 e. The second-order valence-electron chi connectivity index (χ2n) is 5.71. The lowest BCUT2D eigenvalue weighted by Crippen LogP contribution is -2.38. The summed E-state index contributed by atoms with van der Waals surface area (Å²) >= 11 is 0. The van der Waals surface area contributed by atoms with Crippen LogP contribution < -0.4 is 5.32 Å². The summed E-state index contributed by atoms with van der Waals surface area (Å²) in [5.74, 6) is -1.87. The Bertz CT molecular complexity index is 554. The van der Waals surface area contributed by atoms with Gasteiger partial charge in [-0.1, -0.05) is 12.1 Å². The van der Waals surface area contributed by atoms with E-state index >= 15 is 0 Å². The molecule has 1 unspecified atom stereocenters. The van der Waals surface area contributed by atoms with Gasteiger partial charge in [-0.15, -0.1) is 0 Å². The van der Waals surface area contributed by atoms with Crippen molar-refractivity contribution in [1.82, 2.24) is 5.32 Å². The summed E-state index contributed by atoms with van der Waals surface area (Å²) in [6.07, 6.45) is -5.43. The highest BCUT2D eigenvalue weighted by atomic mass is 19.4. The van der Waals surface area contributed by atoms with Gasteiger partial charge in [0.05, 0.1) is 17.6 Å². The zero-order valence-electron chi connectivity index (χ0n) is 12.5. The monoisotopic (exact) mass is 314 g/mol. The van der Waals surface area contributed by atoms with E-state index in [2.05, 4.69) is 5.32 Å². The van der Waals surface area contributed by atoms with Crippen molar-refractivity contribution in [1.29, 1.82) is 5.26 Å². The van der Waals surface area contributed by atoms with Crippen LogP contribution in [-0.2, 0) is 4.74 Å². The fourth-order valence-electron chi connectivity index (χ4n) is 1.71. The molecule has 0 aromatic heterocycles. The zero-order chi connectivity index (χ0) is 17.0. The van der Waals surface area contributed by atoms with Gasteiger partial charge in [-0.2, -0.15) is 18.4 Å². The number of nitriles is 1. The minimum absolute atomic E-state index is 0.0254. The highest BCUT2D eigenvalue weighted by Crippen LogP contribution is 2.34. The van der Waals surface area contributed by atoms with Crippen LogP contribution in [0.5, 0.6) is 0 Å². The minimum Gasteiger partial charge on any atom is -0.444 e. The molecule has 22 heavy (non-hydrogen) atoms. The van der Waals surface area contributed by atoms with Crippen LogP contribution in [0.15, 0.2) is 24.3 Å². The first-order valence-corrected chi connectivity index (χ1v) is 6.56. The van der Waals surface area contributed by atoms with Crippen molar-refractivity contribution >= 4 is 6.09 Å². The first-order chi connectivity index (χ1) is 10.0. The topological polar surface area (TPSA) is 62.1 Å². The van der Waals surface area contributed by atoms with Crippen molar-refractivity contribution in [3.05, 3.63) is 35.4 Å². The molecule has 0 heterocycles. The zero-order valence-corrected chi connectivity index (χ0v) is 12.5. The van der Waals surface area contributed by atoms with E-state index in [1.807, 2.05) is 6.07 Å². The number of alkyl carbamates (subject to hydrolysis) is 1. The Labute approximate surface area is 126 Å². The molecule has 4 nitrogen and oxygen atoms in total. The van der Waals surface area contributed by atoms with E-state index in [0.29, 0.717) is 0 Å². The minimum atomic E-state index is -4.52. The van der Waals surface area contributed by atoms with Crippen molar-refractivity contribution in [2.24, 2.45) is 0 Å². The van der Waals surface area contributed by atoms with Crippen LogP contribution in [0.1, 0.15) is 37.8 Å². The summed E-state index contributed by atoms with van der Waals surface area (Å²) in [4.78, 5) is 11.5. The van der Waals surface area contributed by atoms with Crippen LogP contribution in [0, 0.1) is 11.3 Å². The third-order valence-corrected chi connectivity index (χ3v) is 2.69. The van der Waals surface area contributed by atoms with Gasteiger partial charge in [0.15, 0.2) is 0 Å². The Morgan fingerprint density at radius 1 is 1.27 bits per heavy atom. The Morgan fingerprint density at radius 3 is 2.23 bits per heavy atom. The predicted molar refractivity (Wildman–Crippen MR) is 74.2 cm³/mol. The van der Waals surface area contributed by atoms with Gasteiger partial charge < -0.3 is 10.1 Å². The number of hydrogen-bond acceptors (Lipinski definition) is 3. The predicted octanol–water partition coefficient (Wildman–Crippen LogP) is 3.73. The van der Waals surface area contributed by atoms with Gasteiger partial charge >= 0.3 is 12.3 Å². The summed E-state index contributed by atoms with van der Waals surface area (Å²) in [5.41, 5.74) is -0.543. The molecule has 0 radical (unpaired) electrons. The Hall–Kier alpha value is -2.23. The van der Waals surface area contributed by atoms with Crippen LogP contribution in [0.4, 0.5) is 18.0 Å². The number of benzene rings is 1. The van der Waals surface area contributed by atoms with E-state index in [4.69, 9.17) is 10.00 Å². The van der Waals surface area contributed by atoms with Crippen LogP contribution >= 0.6 is 0 Å². The van der Waals surface area contributed by atoms with E-state index < -0.39 is 30.3 Å². The normalized spacial score (nSPS) is 13.1. The molecule has 120 valence electrons. The highest BCUT2D eigenvalue weighted by molar-refractivity contribution is 5.67. The number of carbonyl (C=O) groups excluding carboxylic acids is 1. The molecule has 1 rings (SSSR count). The molecule has 0 fully saturated rings. The van der Waals surface area contributed by atoms with Crippen molar-refractivity contribution in [3.8, 4) is 6.07 Å². The van der Waals surface area contributed by atoms with Crippen LogP contribution in [0.2, 0.25) is 0 Å². The molecule has 7 heteroatoms. The molecule has 0 saturated carbocycles. The molecule has 1 N–H and O–H groups in total. The van der Waals surface area contributed by atoms with E-state index in [-0.39, 0.29) is 11.1 Å². The second-order valence-corrected chi connectivity index (χ2v) is 5.71. The average Bonchev–Trinajstić information content (AvgIpc) is 2.36. The summed E-state index contributed by atoms with van der Waals surface area (Å²) in [6.45, 7) is 4.22. The molecule has 0 aliphatic heterocycles. The SMILES string of the molecule is CC(C)(C)OC(=O)NCC(c1ccc(C#N)cc1)C(F)(F)F. The van der Waals surface area contributed by atoms with Crippen molar-refractivity contribution in [2.75, 3.05) is 6.54 Å². The molecule has 0 aliphatic carbocycles. The lowest BCUT2D eigenvalue weighted by Gasteiger charge is -2.23. The van der Waals surface area contributed by atoms with Gasteiger partial charge in [-0.25, -0.2) is 4.79 Å². The molecule has 1 aromatic rings. The van der Waals surface area contributed by atoms with Gasteiger partial charge in [0.25, 0.3) is 0 Å². The first kappa shape index (κ1) is 17.8. The van der Waals surface area contributed by atoms with Crippen molar-refractivity contribution < 1.29 is 22.7 Å². The van der Waals surface area contributed by atoms with E-state index in [9.17, 15) is 18.0 Å². The van der Waals surface area contributed by atoms with Crippen LogP contribution in [0.3, 0.4) is 0 Å². The number of amides is 1. The molecular weight excluding hydrogens is 297 g/mol. The molecule has 1 atom stereocenters. The van der Waals surface area contributed by atoms with Crippen molar-refractivity contribution in [3.63, 3.8) is 0 Å². The fourth-order valence-corrected chi connectivity index (χ4v) is 1.71. The number of carbonyl (C=O) groups is 1. The number of alkyl halides is 3. The molecule has 1 aromatic carbocycles. The van der Waals surface area contributed by atoms with Gasteiger partial charge in [0.1, 0.15) is 5.60 Å². The molecule has 0 bridgehead atoms. The van der Waals surface area contributed by atoms with Gasteiger partial charge in [-0.05, 0) is 38.5 Å². The van der Waals surface area contributed by atoms with E-state index in [1.165, 1.54) is 24.3 Å². The Morgan fingerprint density at radius 2 is 1.82 bits per heavy atom. The summed E-state index contributed by atoms with van der Waals surface area (Å²) < 4.78 is 44.3. The summed E-state index contributed by atoms with van der Waals surface area (Å²) in [7, 11) is 0. The summed E-state index contributed by atoms with van der Waals surface area (Å²) in [6, 6.07) is 6.91. The first-order valence-electron chi connectivity index (χ1n) is 6.56. The molecule has 0 saturated heterocycles. The number of hydrogen-bond donors (Lipinski definition) is 1. The second kappa shape index (κ2) is 6.69. The summed E-state index contributed by atoms with van der Waals surface area (Å²) in [5, 5.41) is 10.8. The van der Waals surface area contributed by atoms with Gasteiger partial charge in [-0.3, -0.25) is 0 Å². The van der Waals surface area contributed by atoms with Gasteiger partial charge in [0, 0.05) is 6.54 Å². The number of ether oxygens (including phenoxy) is 1. The number of rotatable bonds is 3. The maximum absolute atomic E-state index is 13.1. The maximum atomic E-state index is 13.1. The van der Waals surface area contributed by atoms with E-state index in [0.717, 1.165) is 0 Å². The third-order valence-electron chi connectivity index (χ3n) is 2.69. The Balaban J connectivity index is 2.82. The average molecular weight is 314 g/mol. The lowest BCUT2D eigenvalue weighted by molar-refractivity contribution is -0.149. The highest BCUT2D eigenvalue weighted by Gasteiger charge is 2.41. The Kier molecular flexibility index (Phi) is 5.42. The van der Waals surface area contributed by atoms with Crippen LogP contribution in [-0.4, -0.2) is 24.4 Å². The third kappa shape index (κ3) is 5.64. The molecular formula is C15H17F3N2O2. The van der Waals surface area contributed by atoms with E-state index in [1.54, 1.807) is 20.8 Å². The van der Waals surface area contributed by atoms with Crippen molar-refractivity contribution in [2.45, 2.75) is 38.5 Å². The van der Waals surface area contributed by atoms with Gasteiger partial charge in [0.2, 0.25) is 0 Å². The molecule has 1 amide bonds. The molecule has 0 aliphatic rings. The molecule has 0 spiro atoms. The lowest BCUT2D eigenvalue weighted by atomic mass is 9.97. The fraction of sp³-hybridized carbons (Fsp3) is 0.467. The standard InChI is InChI=1S/C15H17F3N2O2/c1-14(2,3)22-13(21)20-9-12(15(16,17)18)11-6-4-10(8-19)5-7-11/h4-7,12H,9H2,1-3H3,(H,20,21). The number of nitrogens with one attached hydrogen (secondary N) is 1.